The van der Waals surface area contributed by atoms with Crippen molar-refractivity contribution in [3.05, 3.63) is 77.1 Å². The molecule has 0 aliphatic carbocycles. The van der Waals surface area contributed by atoms with Crippen LogP contribution in [0.5, 0.6) is 0 Å². The highest BCUT2D eigenvalue weighted by atomic mass is 19.4. The fourth-order valence-corrected chi connectivity index (χ4v) is 4.12. The van der Waals surface area contributed by atoms with Crippen LogP contribution in [0.1, 0.15) is 12.1 Å². The van der Waals surface area contributed by atoms with Gasteiger partial charge >= 0.3 is 17.8 Å². The van der Waals surface area contributed by atoms with Crippen LogP contribution in [0.25, 0.3) is 38.8 Å². The number of aromatic nitrogens is 4. The normalized spacial score (nSPS) is 11.3. The summed E-state index contributed by atoms with van der Waals surface area (Å²) in [5.74, 6) is -2.76. The molecule has 0 bridgehead atoms. The summed E-state index contributed by atoms with van der Waals surface area (Å²) in [7, 11) is 0. The SMILES string of the molecule is N#Cc1[nH]c(=O)n(-c2c[nH]c3ccccc23)c1-c1cn(CCCN)c2ccccc12.O=C(O)C(F)(F)F. The Morgan fingerprint density at radius 1 is 1.11 bits per heavy atom. The van der Waals surface area contributed by atoms with Crippen LogP contribution < -0.4 is 11.4 Å². The number of rotatable bonds is 5. The molecule has 3 aromatic heterocycles. The average Bonchev–Trinajstić information content (AvgIpc) is 3.55. The number of hydrogen-bond acceptors (Lipinski definition) is 4. The van der Waals surface area contributed by atoms with E-state index >= 15 is 0 Å². The third-order valence-corrected chi connectivity index (χ3v) is 5.70. The van der Waals surface area contributed by atoms with Gasteiger partial charge in [0.2, 0.25) is 0 Å². The van der Waals surface area contributed by atoms with Crippen LogP contribution in [0.15, 0.2) is 65.7 Å². The Morgan fingerprint density at radius 3 is 2.41 bits per heavy atom. The number of nitrogens with one attached hydrogen (secondary N) is 2. The van der Waals surface area contributed by atoms with Crippen LogP contribution in [0.4, 0.5) is 13.2 Å². The van der Waals surface area contributed by atoms with E-state index in [1.54, 1.807) is 10.8 Å². The Hall–Kier alpha value is -4.76. The molecule has 12 heteroatoms. The zero-order valence-electron chi connectivity index (χ0n) is 19.2. The molecule has 0 saturated carbocycles. The second-order valence-electron chi connectivity index (χ2n) is 8.02. The number of H-pyrrole nitrogens is 2. The first-order valence-corrected chi connectivity index (χ1v) is 11.1. The van der Waals surface area contributed by atoms with Gasteiger partial charge in [0.25, 0.3) is 0 Å². The van der Waals surface area contributed by atoms with Crippen molar-refractivity contribution in [1.82, 2.24) is 19.1 Å². The lowest BCUT2D eigenvalue weighted by atomic mass is 10.1. The number of aliphatic carboxylic acids is 1. The van der Waals surface area contributed by atoms with Gasteiger partial charge in [-0.1, -0.05) is 36.4 Å². The fourth-order valence-electron chi connectivity index (χ4n) is 4.12. The highest BCUT2D eigenvalue weighted by Gasteiger charge is 2.38. The van der Waals surface area contributed by atoms with Crippen molar-refractivity contribution >= 4 is 27.8 Å². The largest absolute Gasteiger partial charge is 0.490 e. The number of aryl methyl sites for hydroxylation is 1. The summed E-state index contributed by atoms with van der Waals surface area (Å²) in [4.78, 5) is 27.8. The highest BCUT2D eigenvalue weighted by molar-refractivity contribution is 5.97. The lowest BCUT2D eigenvalue weighted by Gasteiger charge is -2.06. The number of carbonyl (C=O) groups is 1. The Kier molecular flexibility index (Phi) is 6.90. The number of nitriles is 1. The number of carboxylic acids is 1. The third kappa shape index (κ3) is 4.85. The van der Waals surface area contributed by atoms with E-state index in [-0.39, 0.29) is 11.4 Å². The molecule has 5 N–H and O–H groups in total. The van der Waals surface area contributed by atoms with Crippen molar-refractivity contribution < 1.29 is 23.1 Å². The number of imidazole rings is 1. The first-order chi connectivity index (χ1) is 17.7. The lowest BCUT2D eigenvalue weighted by molar-refractivity contribution is -0.192. The van der Waals surface area contributed by atoms with Crippen molar-refractivity contribution in [3.63, 3.8) is 0 Å². The molecule has 37 heavy (non-hydrogen) atoms. The molecule has 0 amide bonds. The monoisotopic (exact) mass is 510 g/mol. The zero-order valence-corrected chi connectivity index (χ0v) is 19.2. The molecule has 2 aromatic carbocycles. The lowest BCUT2D eigenvalue weighted by Crippen LogP contribution is -2.21. The first kappa shape index (κ1) is 25.3. The topological polar surface area (TPSA) is 146 Å². The van der Waals surface area contributed by atoms with Crippen molar-refractivity contribution in [2.24, 2.45) is 5.73 Å². The predicted molar refractivity (Wildman–Crippen MR) is 131 cm³/mol. The molecular formula is C25H21F3N6O3. The molecule has 0 unspecified atom stereocenters. The molecule has 190 valence electrons. The number of aromatic amines is 2. The van der Waals surface area contributed by atoms with Gasteiger partial charge in [0.1, 0.15) is 11.8 Å². The summed E-state index contributed by atoms with van der Waals surface area (Å²) >= 11 is 0. The quantitative estimate of drug-likeness (QED) is 0.281. The number of benzene rings is 2. The van der Waals surface area contributed by atoms with Gasteiger partial charge in [0.15, 0.2) is 0 Å². The molecule has 0 saturated heterocycles. The molecule has 0 aliphatic heterocycles. The molecule has 0 fully saturated rings. The van der Waals surface area contributed by atoms with Crippen LogP contribution in [0.3, 0.4) is 0 Å². The van der Waals surface area contributed by atoms with Crippen LogP contribution in [-0.4, -0.2) is 42.9 Å². The molecule has 0 radical (unpaired) electrons. The number of carboxylic acid groups (broad SMARTS) is 1. The van der Waals surface area contributed by atoms with Crippen LogP contribution in [-0.2, 0) is 11.3 Å². The molecule has 5 aromatic rings. The minimum absolute atomic E-state index is 0.243. The minimum atomic E-state index is -5.08. The number of nitrogens with two attached hydrogens (primary N) is 1. The molecule has 5 rings (SSSR count). The van der Waals surface area contributed by atoms with Crippen LogP contribution in [0.2, 0.25) is 0 Å². The maximum absolute atomic E-state index is 13.0. The minimum Gasteiger partial charge on any atom is -0.475 e. The van der Waals surface area contributed by atoms with E-state index in [1.807, 2.05) is 54.7 Å². The van der Waals surface area contributed by atoms with E-state index in [1.165, 1.54) is 0 Å². The van der Waals surface area contributed by atoms with Crippen LogP contribution in [0, 0.1) is 11.3 Å². The summed E-state index contributed by atoms with van der Waals surface area (Å²) < 4.78 is 35.5. The van der Waals surface area contributed by atoms with Gasteiger partial charge in [-0.25, -0.2) is 9.59 Å². The van der Waals surface area contributed by atoms with E-state index in [9.17, 15) is 23.2 Å². The summed E-state index contributed by atoms with van der Waals surface area (Å²) in [6.45, 7) is 1.36. The summed E-state index contributed by atoms with van der Waals surface area (Å²) in [5, 5.41) is 18.8. The number of hydrogen-bond donors (Lipinski definition) is 4. The molecular weight excluding hydrogens is 489 g/mol. The van der Waals surface area contributed by atoms with E-state index < -0.39 is 12.1 Å². The Bertz CT molecular complexity index is 1680. The molecule has 3 heterocycles. The van der Waals surface area contributed by atoms with Crippen molar-refractivity contribution in [2.75, 3.05) is 6.54 Å². The standard InChI is InChI=1S/C23H20N6O.C2HF3O2/c24-10-5-11-28-14-17(15-6-2-4-9-20(15)28)22-19(12-25)27-23(30)29(22)21-13-26-18-8-3-1-7-16(18)21;3-2(4,5)1(6)7/h1-4,6-9,13-14,26H,5,10-11,24H2,(H,27,30);(H,6,7). The van der Waals surface area contributed by atoms with Gasteiger partial charge in [-0.15, -0.1) is 0 Å². The van der Waals surface area contributed by atoms with Gasteiger partial charge in [-0.2, -0.15) is 18.4 Å². The molecule has 9 nitrogen and oxygen atoms in total. The van der Waals surface area contributed by atoms with Gasteiger partial charge in [-0.05, 0) is 25.1 Å². The summed E-state index contributed by atoms with van der Waals surface area (Å²) in [6.07, 6.45) is -0.432. The van der Waals surface area contributed by atoms with Gasteiger partial charge in [-0.3, -0.25) is 9.55 Å². The highest BCUT2D eigenvalue weighted by Crippen LogP contribution is 2.34. The van der Waals surface area contributed by atoms with Crippen molar-refractivity contribution in [1.29, 1.82) is 5.26 Å². The van der Waals surface area contributed by atoms with Crippen LogP contribution >= 0.6 is 0 Å². The van der Waals surface area contributed by atoms with Crippen molar-refractivity contribution in [3.8, 4) is 23.0 Å². The second kappa shape index (κ2) is 10.1. The van der Waals surface area contributed by atoms with Gasteiger partial charge < -0.3 is 20.4 Å². The number of nitrogens with zero attached hydrogens (tertiary/aromatic N) is 3. The molecule has 0 spiro atoms. The third-order valence-electron chi connectivity index (χ3n) is 5.70. The second-order valence-corrected chi connectivity index (χ2v) is 8.02. The molecule has 0 atom stereocenters. The summed E-state index contributed by atoms with van der Waals surface area (Å²) in [6, 6.07) is 18.0. The van der Waals surface area contributed by atoms with Gasteiger partial charge in [0, 0.05) is 46.3 Å². The predicted octanol–water partition coefficient (Wildman–Crippen LogP) is 4.12. The van der Waals surface area contributed by atoms with Crippen molar-refractivity contribution in [2.45, 2.75) is 19.1 Å². The van der Waals surface area contributed by atoms with E-state index in [0.29, 0.717) is 17.9 Å². The Labute approximate surface area is 207 Å². The smallest absolute Gasteiger partial charge is 0.475 e. The maximum Gasteiger partial charge on any atom is 0.490 e. The average molecular weight is 510 g/mol. The maximum atomic E-state index is 13.0. The van der Waals surface area contributed by atoms with E-state index in [2.05, 4.69) is 20.6 Å². The Morgan fingerprint density at radius 2 is 1.76 bits per heavy atom. The van der Waals surface area contributed by atoms with E-state index in [0.717, 1.165) is 40.3 Å². The summed E-state index contributed by atoms with van der Waals surface area (Å²) in [5.41, 5.74) is 9.70. The zero-order chi connectivity index (χ0) is 26.7. The Balaban J connectivity index is 0.000000405. The number of alkyl halides is 3. The van der Waals surface area contributed by atoms with E-state index in [4.69, 9.17) is 15.6 Å². The number of para-hydroxylation sites is 2. The van der Waals surface area contributed by atoms with Gasteiger partial charge in [0.05, 0.1) is 11.4 Å². The number of fused-ring (bicyclic) bond motifs is 2. The fraction of sp³-hybridized carbons (Fsp3) is 0.160. The number of halogens is 3. The first-order valence-electron chi connectivity index (χ1n) is 11.1. The molecule has 0 aliphatic rings.